The molecule has 0 aliphatic carbocycles. The number of rotatable bonds is 0. The summed E-state index contributed by atoms with van der Waals surface area (Å²) in [5.41, 5.74) is 3.22. The molecule has 3 rings (SSSR count). The van der Waals surface area contributed by atoms with Gasteiger partial charge in [-0.15, -0.1) is 0 Å². The van der Waals surface area contributed by atoms with E-state index in [2.05, 4.69) is 55.4 Å². The van der Waals surface area contributed by atoms with E-state index in [1.165, 1.54) is 24.1 Å². The van der Waals surface area contributed by atoms with E-state index < -0.39 is 0 Å². The Kier molecular flexibility index (Phi) is 1.91. The van der Waals surface area contributed by atoms with E-state index in [4.69, 9.17) is 0 Å². The average Bonchev–Trinajstić information content (AvgIpc) is 2.48. The van der Waals surface area contributed by atoms with Gasteiger partial charge in [-0.05, 0) is 37.9 Å². The predicted molar refractivity (Wildman–Crippen MR) is 67.8 cm³/mol. The van der Waals surface area contributed by atoms with Crippen LogP contribution in [0.2, 0.25) is 0 Å². The van der Waals surface area contributed by atoms with Crippen molar-refractivity contribution in [2.45, 2.75) is 37.8 Å². The Morgan fingerprint density at radius 1 is 1.25 bits per heavy atom. The minimum absolute atomic E-state index is 0.0783. The van der Waals surface area contributed by atoms with Gasteiger partial charge in [-0.25, -0.2) is 0 Å². The Bertz CT molecular complexity index is 428. The van der Waals surface area contributed by atoms with Crippen LogP contribution in [-0.2, 0) is 5.41 Å². The molecule has 0 spiro atoms. The summed E-state index contributed by atoms with van der Waals surface area (Å²) < 4.78 is 0. The fourth-order valence-electron chi connectivity index (χ4n) is 3.57. The first-order chi connectivity index (χ1) is 7.59. The number of benzene rings is 1. The average molecular weight is 216 g/mol. The standard InChI is InChI=1S/C14H20N2/c1-13-9-6-10-15-14(13,2)16(3)12-8-5-4-7-11(12)13/h4-5,7-8,15H,6,9-10H2,1-3H3. The van der Waals surface area contributed by atoms with E-state index in [1.54, 1.807) is 0 Å². The highest BCUT2D eigenvalue weighted by Crippen LogP contribution is 2.53. The Balaban J connectivity index is 2.23. The van der Waals surface area contributed by atoms with Crippen molar-refractivity contribution in [3.63, 3.8) is 0 Å². The highest BCUT2D eigenvalue weighted by atomic mass is 15.3. The van der Waals surface area contributed by atoms with Gasteiger partial charge in [0.15, 0.2) is 0 Å². The molecule has 2 nitrogen and oxygen atoms in total. The molecule has 1 aromatic rings. The lowest BCUT2D eigenvalue weighted by Gasteiger charge is -2.49. The zero-order chi connectivity index (χ0) is 11.4. The lowest BCUT2D eigenvalue weighted by molar-refractivity contribution is 0.165. The zero-order valence-corrected chi connectivity index (χ0v) is 10.4. The van der Waals surface area contributed by atoms with Crippen molar-refractivity contribution in [3.05, 3.63) is 29.8 Å². The molecule has 2 aliphatic rings. The van der Waals surface area contributed by atoms with Crippen molar-refractivity contribution in [2.24, 2.45) is 0 Å². The molecule has 16 heavy (non-hydrogen) atoms. The molecule has 0 aromatic heterocycles. The summed E-state index contributed by atoms with van der Waals surface area (Å²) in [4.78, 5) is 2.42. The predicted octanol–water partition coefficient (Wildman–Crippen LogP) is 2.49. The summed E-state index contributed by atoms with van der Waals surface area (Å²) in [6.07, 6.45) is 2.55. The van der Waals surface area contributed by atoms with Gasteiger partial charge in [0.2, 0.25) is 0 Å². The number of anilines is 1. The summed E-state index contributed by atoms with van der Waals surface area (Å²) in [6, 6.07) is 8.84. The highest BCUT2D eigenvalue weighted by Gasteiger charge is 2.55. The fourth-order valence-corrected chi connectivity index (χ4v) is 3.57. The minimum Gasteiger partial charge on any atom is -0.356 e. The quantitative estimate of drug-likeness (QED) is 0.717. The summed E-state index contributed by atoms with van der Waals surface area (Å²) in [5.74, 6) is 0. The summed E-state index contributed by atoms with van der Waals surface area (Å²) in [7, 11) is 2.21. The van der Waals surface area contributed by atoms with Crippen LogP contribution in [0.1, 0.15) is 32.3 Å². The van der Waals surface area contributed by atoms with Gasteiger partial charge < -0.3 is 4.90 Å². The van der Waals surface area contributed by atoms with E-state index in [1.807, 2.05) is 0 Å². The lowest BCUT2D eigenvalue weighted by atomic mass is 9.69. The molecule has 1 aromatic carbocycles. The molecule has 2 heteroatoms. The van der Waals surface area contributed by atoms with Gasteiger partial charge in [0, 0.05) is 18.2 Å². The molecule has 2 aliphatic heterocycles. The summed E-state index contributed by atoms with van der Waals surface area (Å²) >= 11 is 0. The molecule has 0 saturated carbocycles. The Labute approximate surface area is 97.6 Å². The molecule has 2 atom stereocenters. The Hall–Kier alpha value is -1.02. The molecule has 2 heterocycles. The van der Waals surface area contributed by atoms with E-state index in [9.17, 15) is 0 Å². The van der Waals surface area contributed by atoms with Crippen molar-refractivity contribution >= 4 is 5.69 Å². The molecule has 0 bridgehead atoms. The van der Waals surface area contributed by atoms with Gasteiger partial charge in [0.1, 0.15) is 0 Å². The third-order valence-electron chi connectivity index (χ3n) is 4.93. The molecule has 1 saturated heterocycles. The van der Waals surface area contributed by atoms with Crippen LogP contribution in [0.25, 0.3) is 0 Å². The smallest absolute Gasteiger partial charge is 0.0972 e. The van der Waals surface area contributed by atoms with Crippen LogP contribution in [0, 0.1) is 0 Å². The maximum absolute atomic E-state index is 3.72. The first-order valence-electron chi connectivity index (χ1n) is 6.18. The normalized spacial score (nSPS) is 37.1. The molecule has 0 amide bonds. The maximum atomic E-state index is 3.72. The van der Waals surface area contributed by atoms with E-state index in [0.29, 0.717) is 0 Å². The summed E-state index contributed by atoms with van der Waals surface area (Å²) in [5, 5.41) is 3.72. The van der Waals surface area contributed by atoms with Crippen LogP contribution in [0.5, 0.6) is 0 Å². The van der Waals surface area contributed by atoms with E-state index in [0.717, 1.165) is 6.54 Å². The number of para-hydroxylation sites is 1. The first-order valence-corrected chi connectivity index (χ1v) is 6.18. The Morgan fingerprint density at radius 3 is 2.81 bits per heavy atom. The number of nitrogens with one attached hydrogen (secondary N) is 1. The number of hydrogen-bond acceptors (Lipinski definition) is 2. The molecule has 86 valence electrons. The van der Waals surface area contributed by atoms with Crippen LogP contribution in [0.4, 0.5) is 5.69 Å². The maximum Gasteiger partial charge on any atom is 0.0972 e. The van der Waals surface area contributed by atoms with Crippen LogP contribution in [0.15, 0.2) is 24.3 Å². The van der Waals surface area contributed by atoms with Gasteiger partial charge in [0.25, 0.3) is 0 Å². The number of likely N-dealkylation sites (N-methyl/N-ethyl adjacent to an activating group) is 1. The van der Waals surface area contributed by atoms with Gasteiger partial charge in [0.05, 0.1) is 5.66 Å². The second kappa shape index (κ2) is 3.01. The van der Waals surface area contributed by atoms with Gasteiger partial charge >= 0.3 is 0 Å². The minimum atomic E-state index is 0.0783. The van der Waals surface area contributed by atoms with Crippen molar-refractivity contribution in [1.82, 2.24) is 5.32 Å². The van der Waals surface area contributed by atoms with Gasteiger partial charge in [-0.2, -0.15) is 0 Å². The fraction of sp³-hybridized carbons (Fsp3) is 0.571. The number of piperidine rings is 1. The molecule has 0 radical (unpaired) electrons. The topological polar surface area (TPSA) is 15.3 Å². The molecular weight excluding hydrogens is 196 g/mol. The monoisotopic (exact) mass is 216 g/mol. The third kappa shape index (κ3) is 0.963. The largest absolute Gasteiger partial charge is 0.356 e. The number of hydrogen-bond donors (Lipinski definition) is 1. The molecular formula is C14H20N2. The van der Waals surface area contributed by atoms with Crippen molar-refractivity contribution < 1.29 is 0 Å². The van der Waals surface area contributed by atoms with E-state index >= 15 is 0 Å². The third-order valence-corrected chi connectivity index (χ3v) is 4.93. The number of nitrogens with zero attached hydrogens (tertiary/aromatic N) is 1. The lowest BCUT2D eigenvalue weighted by Crippen LogP contribution is -2.65. The zero-order valence-electron chi connectivity index (χ0n) is 10.4. The van der Waals surface area contributed by atoms with E-state index in [-0.39, 0.29) is 11.1 Å². The second-order valence-corrected chi connectivity index (χ2v) is 5.51. The SMILES string of the molecule is CN1c2ccccc2C2(C)CCCNC12C. The molecule has 1 N–H and O–H groups in total. The molecule has 2 unspecified atom stereocenters. The summed E-state index contributed by atoms with van der Waals surface area (Å²) in [6.45, 7) is 5.87. The molecule has 1 fully saturated rings. The van der Waals surface area contributed by atoms with Crippen LogP contribution in [-0.4, -0.2) is 19.3 Å². The van der Waals surface area contributed by atoms with Crippen molar-refractivity contribution in [3.8, 4) is 0 Å². The van der Waals surface area contributed by atoms with Crippen LogP contribution < -0.4 is 10.2 Å². The van der Waals surface area contributed by atoms with Gasteiger partial charge in [-0.1, -0.05) is 25.1 Å². The number of fused-ring (bicyclic) bond motifs is 3. The highest BCUT2D eigenvalue weighted by molar-refractivity contribution is 5.66. The van der Waals surface area contributed by atoms with Crippen LogP contribution in [0.3, 0.4) is 0 Å². The second-order valence-electron chi connectivity index (χ2n) is 5.51. The Morgan fingerprint density at radius 2 is 2.00 bits per heavy atom. The van der Waals surface area contributed by atoms with Gasteiger partial charge in [-0.3, -0.25) is 5.32 Å². The van der Waals surface area contributed by atoms with Crippen molar-refractivity contribution in [1.29, 1.82) is 0 Å². The van der Waals surface area contributed by atoms with Crippen molar-refractivity contribution in [2.75, 3.05) is 18.5 Å². The van der Waals surface area contributed by atoms with Crippen LogP contribution >= 0.6 is 0 Å². The first kappa shape index (κ1) is 10.2.